The average Bonchev–Trinajstić information content (AvgIpc) is 3.26. The molecule has 120 valence electrons. The predicted octanol–water partition coefficient (Wildman–Crippen LogP) is 2.22. The summed E-state index contributed by atoms with van der Waals surface area (Å²) in [6, 6.07) is 8.10. The van der Waals surface area contributed by atoms with Gasteiger partial charge in [0.1, 0.15) is 18.5 Å². The van der Waals surface area contributed by atoms with Crippen LogP contribution in [0.1, 0.15) is 33.9 Å². The molecule has 0 bridgehead atoms. The minimum atomic E-state index is -0.221. The lowest BCUT2D eigenvalue weighted by Crippen LogP contribution is -2.27. The van der Waals surface area contributed by atoms with Crippen molar-refractivity contribution in [3.05, 3.63) is 71.7 Å². The molecule has 1 aliphatic rings. The van der Waals surface area contributed by atoms with Crippen LogP contribution < -0.4 is 5.32 Å². The lowest BCUT2D eigenvalue weighted by Gasteiger charge is -2.14. The molecule has 6 nitrogen and oxygen atoms in total. The summed E-state index contributed by atoms with van der Waals surface area (Å²) in [7, 11) is 0. The molecule has 1 atom stereocenters. The van der Waals surface area contributed by atoms with Gasteiger partial charge in [-0.05, 0) is 42.2 Å². The Morgan fingerprint density at radius 3 is 3.08 bits per heavy atom. The van der Waals surface area contributed by atoms with Gasteiger partial charge in [-0.3, -0.25) is 4.79 Å². The molecule has 7 heteroatoms. The Morgan fingerprint density at radius 2 is 2.25 bits per heavy atom. The summed E-state index contributed by atoms with van der Waals surface area (Å²) in [5.74, 6) is 0.0838. The molecular formula is C17H14FN5O. The minimum Gasteiger partial charge on any atom is -0.345 e. The van der Waals surface area contributed by atoms with Crippen LogP contribution in [0.5, 0.6) is 0 Å². The van der Waals surface area contributed by atoms with Crippen molar-refractivity contribution in [1.29, 1.82) is 0 Å². The van der Waals surface area contributed by atoms with Gasteiger partial charge in [-0.2, -0.15) is 5.10 Å². The number of carbonyl (C=O) groups is 1. The third kappa shape index (κ3) is 2.54. The number of aromatic nitrogens is 4. The first kappa shape index (κ1) is 14.5. The summed E-state index contributed by atoms with van der Waals surface area (Å²) >= 11 is 0. The maximum atomic E-state index is 13.8. The van der Waals surface area contributed by atoms with E-state index in [9.17, 15) is 9.18 Å². The van der Waals surface area contributed by atoms with E-state index in [1.54, 1.807) is 24.4 Å². The zero-order valence-electron chi connectivity index (χ0n) is 12.7. The molecule has 0 saturated carbocycles. The first-order chi connectivity index (χ1) is 11.7. The van der Waals surface area contributed by atoms with E-state index < -0.39 is 0 Å². The van der Waals surface area contributed by atoms with Crippen molar-refractivity contribution < 1.29 is 9.18 Å². The summed E-state index contributed by atoms with van der Waals surface area (Å²) in [6.45, 7) is 0. The van der Waals surface area contributed by atoms with Crippen LogP contribution in [0, 0.1) is 5.82 Å². The zero-order chi connectivity index (χ0) is 16.5. The summed E-state index contributed by atoms with van der Waals surface area (Å²) in [5.41, 5.74) is 2.02. The number of carbonyl (C=O) groups excluding carboxylic acids is 1. The minimum absolute atomic E-state index is 0.175. The second-order valence-electron chi connectivity index (χ2n) is 5.62. The van der Waals surface area contributed by atoms with Crippen molar-refractivity contribution in [2.75, 3.05) is 0 Å². The second kappa shape index (κ2) is 5.84. The second-order valence-corrected chi connectivity index (χ2v) is 5.62. The predicted molar refractivity (Wildman–Crippen MR) is 84.1 cm³/mol. The van der Waals surface area contributed by atoms with E-state index in [2.05, 4.69) is 20.4 Å². The molecule has 4 rings (SSSR count). The first-order valence-electron chi connectivity index (χ1n) is 7.61. The molecule has 0 fully saturated rings. The monoisotopic (exact) mass is 323 g/mol. The smallest absolute Gasteiger partial charge is 0.251 e. The van der Waals surface area contributed by atoms with Crippen LogP contribution in [-0.2, 0) is 6.42 Å². The van der Waals surface area contributed by atoms with Crippen molar-refractivity contribution in [2.45, 2.75) is 18.9 Å². The lowest BCUT2D eigenvalue weighted by molar-refractivity contribution is 0.0936. The molecule has 1 aliphatic carbocycles. The van der Waals surface area contributed by atoms with E-state index in [4.69, 9.17) is 0 Å². The summed E-state index contributed by atoms with van der Waals surface area (Å²) < 4.78 is 15.3. The number of rotatable bonds is 3. The third-order valence-electron chi connectivity index (χ3n) is 4.18. The highest BCUT2D eigenvalue weighted by atomic mass is 19.1. The lowest BCUT2D eigenvalue weighted by atomic mass is 10.1. The molecular weight excluding hydrogens is 309 g/mol. The van der Waals surface area contributed by atoms with E-state index in [1.807, 2.05) is 6.07 Å². The highest BCUT2D eigenvalue weighted by Gasteiger charge is 2.26. The number of hydrogen-bond donors (Lipinski definition) is 1. The van der Waals surface area contributed by atoms with Gasteiger partial charge >= 0.3 is 0 Å². The Morgan fingerprint density at radius 1 is 1.33 bits per heavy atom. The third-order valence-corrected chi connectivity index (χ3v) is 4.18. The number of pyridine rings is 1. The number of amides is 1. The maximum Gasteiger partial charge on any atom is 0.251 e. The van der Waals surface area contributed by atoms with Crippen LogP contribution in [0.15, 0.2) is 49.2 Å². The van der Waals surface area contributed by atoms with Gasteiger partial charge < -0.3 is 5.32 Å². The fraction of sp³-hybridized carbons (Fsp3) is 0.176. The van der Waals surface area contributed by atoms with Gasteiger partial charge in [0.2, 0.25) is 0 Å². The zero-order valence-corrected chi connectivity index (χ0v) is 12.7. The molecule has 0 saturated heterocycles. The topological polar surface area (TPSA) is 72.7 Å². The molecule has 0 aliphatic heterocycles. The van der Waals surface area contributed by atoms with Gasteiger partial charge in [0.05, 0.1) is 6.04 Å². The molecule has 0 radical (unpaired) electrons. The van der Waals surface area contributed by atoms with Crippen molar-refractivity contribution in [3.63, 3.8) is 0 Å². The van der Waals surface area contributed by atoms with Crippen molar-refractivity contribution >= 4 is 5.91 Å². The highest BCUT2D eigenvalue weighted by Crippen LogP contribution is 2.32. The van der Waals surface area contributed by atoms with Gasteiger partial charge in [-0.15, -0.1) is 0 Å². The molecule has 3 aromatic rings. The van der Waals surface area contributed by atoms with E-state index in [-0.39, 0.29) is 17.8 Å². The van der Waals surface area contributed by atoms with Crippen LogP contribution in [0.4, 0.5) is 4.39 Å². The summed E-state index contributed by atoms with van der Waals surface area (Å²) in [6.07, 6.45) is 5.79. The summed E-state index contributed by atoms with van der Waals surface area (Å²) in [4.78, 5) is 20.6. The molecule has 2 aromatic heterocycles. The van der Waals surface area contributed by atoms with Crippen molar-refractivity contribution in [3.8, 4) is 5.82 Å². The Kier molecular flexibility index (Phi) is 3.53. The molecule has 1 N–H and O–H groups in total. The largest absolute Gasteiger partial charge is 0.345 e. The molecule has 24 heavy (non-hydrogen) atoms. The van der Waals surface area contributed by atoms with Gasteiger partial charge in [-0.25, -0.2) is 19.0 Å². The number of fused-ring (bicyclic) bond motifs is 1. The fourth-order valence-corrected chi connectivity index (χ4v) is 3.01. The van der Waals surface area contributed by atoms with E-state index >= 15 is 0 Å². The van der Waals surface area contributed by atoms with Gasteiger partial charge in [0, 0.05) is 11.8 Å². The van der Waals surface area contributed by atoms with Crippen molar-refractivity contribution in [1.82, 2.24) is 25.1 Å². The van der Waals surface area contributed by atoms with Gasteiger partial charge in [0.25, 0.3) is 5.91 Å². The summed E-state index contributed by atoms with van der Waals surface area (Å²) in [5, 5.41) is 6.97. The number of hydrogen-bond acceptors (Lipinski definition) is 4. The van der Waals surface area contributed by atoms with Crippen LogP contribution in [0.25, 0.3) is 5.82 Å². The highest BCUT2D eigenvalue weighted by molar-refractivity contribution is 5.94. The number of halogens is 1. The molecule has 0 spiro atoms. The number of nitrogens with zero attached hydrogens (tertiary/aromatic N) is 4. The normalized spacial score (nSPS) is 16.0. The molecule has 0 unspecified atom stereocenters. The number of benzene rings is 1. The Bertz CT molecular complexity index is 894. The average molecular weight is 323 g/mol. The van der Waals surface area contributed by atoms with E-state index in [0.717, 1.165) is 5.56 Å². The van der Waals surface area contributed by atoms with Crippen LogP contribution in [0.3, 0.4) is 0 Å². The molecule has 1 aromatic carbocycles. The van der Waals surface area contributed by atoms with Crippen LogP contribution >= 0.6 is 0 Å². The Labute approximate surface area is 137 Å². The standard InChI is InChI=1S/C17H14FN5O/c18-14-3-1-2-13-12(14)4-5-15(13)22-17(24)11-6-7-20-16(8-11)23-10-19-9-21-23/h1-3,6-10,15H,4-5H2,(H,22,24)/t15-/m0/s1. The van der Waals surface area contributed by atoms with Gasteiger partial charge in [-0.1, -0.05) is 12.1 Å². The number of nitrogens with one attached hydrogen (secondary N) is 1. The maximum absolute atomic E-state index is 13.8. The Balaban J connectivity index is 1.56. The molecule has 2 heterocycles. The van der Waals surface area contributed by atoms with Crippen molar-refractivity contribution in [2.24, 2.45) is 0 Å². The molecule has 1 amide bonds. The first-order valence-corrected chi connectivity index (χ1v) is 7.61. The van der Waals surface area contributed by atoms with Crippen LogP contribution in [-0.4, -0.2) is 25.7 Å². The quantitative estimate of drug-likeness (QED) is 0.802. The Hall–Kier alpha value is -3.09. The SMILES string of the molecule is O=C(N[C@H]1CCc2c(F)cccc21)c1ccnc(-n2cncn2)c1. The fourth-order valence-electron chi connectivity index (χ4n) is 3.01. The van der Waals surface area contributed by atoms with Crippen LogP contribution in [0.2, 0.25) is 0 Å². The van der Waals surface area contributed by atoms with E-state index in [1.165, 1.54) is 23.4 Å². The van der Waals surface area contributed by atoms with E-state index in [0.29, 0.717) is 29.8 Å². The van der Waals surface area contributed by atoms with Gasteiger partial charge in [0.15, 0.2) is 5.82 Å².